The van der Waals surface area contributed by atoms with Crippen molar-refractivity contribution in [1.29, 1.82) is 0 Å². The van der Waals surface area contributed by atoms with Crippen LogP contribution in [0.2, 0.25) is 10.3 Å². The monoisotopic (exact) mass is 271 g/mol. The topological polar surface area (TPSA) is 37.8 Å². The molecule has 0 spiro atoms. The molecule has 0 radical (unpaired) electrons. The SMILES string of the molecule is Sc1ccccc1Nc1nc(Cl)ncc1Cl. The second kappa shape index (κ2) is 4.91. The van der Waals surface area contributed by atoms with Crippen LogP contribution in [0.4, 0.5) is 11.5 Å². The molecule has 2 aromatic rings. The molecule has 1 aromatic carbocycles. The number of nitrogens with zero attached hydrogens (tertiary/aromatic N) is 2. The van der Waals surface area contributed by atoms with Gasteiger partial charge in [-0.3, -0.25) is 0 Å². The number of rotatable bonds is 2. The minimum atomic E-state index is 0.142. The Hall–Kier alpha value is -0.970. The maximum Gasteiger partial charge on any atom is 0.224 e. The van der Waals surface area contributed by atoms with Crippen LogP contribution < -0.4 is 5.32 Å². The molecule has 82 valence electrons. The molecule has 3 nitrogen and oxygen atoms in total. The molecular weight excluding hydrogens is 265 g/mol. The summed E-state index contributed by atoms with van der Waals surface area (Å²) in [6.45, 7) is 0. The highest BCUT2D eigenvalue weighted by atomic mass is 35.5. The Morgan fingerprint density at radius 3 is 2.69 bits per heavy atom. The van der Waals surface area contributed by atoms with Crippen molar-refractivity contribution in [2.45, 2.75) is 4.90 Å². The maximum atomic E-state index is 5.93. The van der Waals surface area contributed by atoms with Gasteiger partial charge < -0.3 is 5.32 Å². The third-order valence-corrected chi connectivity index (χ3v) is 2.72. The number of hydrogen-bond donors (Lipinski definition) is 2. The van der Waals surface area contributed by atoms with E-state index >= 15 is 0 Å². The van der Waals surface area contributed by atoms with Crippen molar-refractivity contribution in [2.75, 3.05) is 5.32 Å². The van der Waals surface area contributed by atoms with Gasteiger partial charge in [0.05, 0.1) is 11.9 Å². The molecular formula is C10H7Cl2N3S. The largest absolute Gasteiger partial charge is 0.338 e. The number of benzene rings is 1. The summed E-state index contributed by atoms with van der Waals surface area (Å²) in [5.74, 6) is 0.461. The summed E-state index contributed by atoms with van der Waals surface area (Å²) in [5, 5.41) is 3.58. The predicted molar refractivity (Wildman–Crippen MR) is 69.0 cm³/mol. The average molecular weight is 272 g/mol. The number of nitrogens with one attached hydrogen (secondary N) is 1. The summed E-state index contributed by atoms with van der Waals surface area (Å²) in [6, 6.07) is 7.51. The van der Waals surface area contributed by atoms with Crippen LogP contribution in [0.3, 0.4) is 0 Å². The molecule has 0 saturated heterocycles. The molecule has 0 saturated carbocycles. The summed E-state index contributed by atoms with van der Waals surface area (Å²) in [7, 11) is 0. The fourth-order valence-corrected chi connectivity index (χ4v) is 1.63. The number of thiol groups is 1. The molecule has 1 heterocycles. The van der Waals surface area contributed by atoms with Crippen molar-refractivity contribution in [1.82, 2.24) is 9.97 Å². The summed E-state index contributed by atoms with van der Waals surface area (Å²) in [6.07, 6.45) is 1.44. The highest BCUT2D eigenvalue weighted by Crippen LogP contribution is 2.27. The van der Waals surface area contributed by atoms with Gasteiger partial charge in [-0.05, 0) is 23.7 Å². The quantitative estimate of drug-likeness (QED) is 0.644. The Bertz CT molecular complexity index is 519. The van der Waals surface area contributed by atoms with E-state index in [9.17, 15) is 0 Å². The zero-order valence-corrected chi connectivity index (χ0v) is 10.4. The van der Waals surface area contributed by atoms with E-state index in [1.54, 1.807) is 0 Å². The first-order valence-corrected chi connectivity index (χ1v) is 5.60. The third-order valence-electron chi connectivity index (χ3n) is 1.87. The molecule has 0 atom stereocenters. The lowest BCUT2D eigenvalue weighted by molar-refractivity contribution is 1.16. The molecule has 1 N–H and O–H groups in total. The normalized spacial score (nSPS) is 10.2. The second-order valence-corrected chi connectivity index (χ2v) is 4.20. The number of aromatic nitrogens is 2. The maximum absolute atomic E-state index is 5.93. The smallest absolute Gasteiger partial charge is 0.224 e. The van der Waals surface area contributed by atoms with Crippen molar-refractivity contribution < 1.29 is 0 Å². The molecule has 0 amide bonds. The predicted octanol–water partition coefficient (Wildman–Crippen LogP) is 3.82. The zero-order valence-electron chi connectivity index (χ0n) is 7.98. The summed E-state index contributed by atoms with van der Waals surface area (Å²) in [5.41, 5.74) is 0.808. The van der Waals surface area contributed by atoms with Crippen LogP contribution in [0, 0.1) is 0 Å². The first kappa shape index (κ1) is 11.5. The van der Waals surface area contributed by atoms with Gasteiger partial charge >= 0.3 is 0 Å². The van der Waals surface area contributed by atoms with E-state index in [0.717, 1.165) is 10.6 Å². The van der Waals surface area contributed by atoms with E-state index in [1.807, 2.05) is 24.3 Å². The average Bonchev–Trinajstić information content (AvgIpc) is 2.27. The first-order chi connectivity index (χ1) is 7.66. The van der Waals surface area contributed by atoms with Crippen molar-refractivity contribution in [3.05, 3.63) is 40.8 Å². The Balaban J connectivity index is 2.34. The van der Waals surface area contributed by atoms with Gasteiger partial charge in [0.15, 0.2) is 5.82 Å². The minimum Gasteiger partial charge on any atom is -0.338 e. The lowest BCUT2D eigenvalue weighted by Crippen LogP contribution is -1.96. The van der Waals surface area contributed by atoms with Crippen LogP contribution in [-0.2, 0) is 0 Å². The standard InChI is InChI=1S/C10H7Cl2N3S/c11-6-5-13-10(12)15-9(6)14-7-3-1-2-4-8(7)16/h1-5,16H,(H,13,14,15). The first-order valence-electron chi connectivity index (χ1n) is 4.40. The minimum absolute atomic E-state index is 0.142. The summed E-state index contributed by atoms with van der Waals surface area (Å²) >= 11 is 15.9. The van der Waals surface area contributed by atoms with E-state index in [1.165, 1.54) is 6.20 Å². The highest BCUT2D eigenvalue weighted by molar-refractivity contribution is 7.80. The Labute approximate surface area is 108 Å². The molecule has 0 aliphatic carbocycles. The summed E-state index contributed by atoms with van der Waals surface area (Å²) in [4.78, 5) is 8.55. The number of anilines is 2. The van der Waals surface area contributed by atoms with Gasteiger partial charge in [-0.25, -0.2) is 4.98 Å². The van der Waals surface area contributed by atoms with Gasteiger partial charge in [0.2, 0.25) is 5.28 Å². The number of para-hydroxylation sites is 1. The third kappa shape index (κ3) is 2.58. The molecule has 16 heavy (non-hydrogen) atoms. The Kier molecular flexibility index (Phi) is 3.53. The van der Waals surface area contributed by atoms with E-state index in [4.69, 9.17) is 23.2 Å². The number of halogens is 2. The van der Waals surface area contributed by atoms with Gasteiger partial charge in [-0.1, -0.05) is 23.7 Å². The molecule has 0 aliphatic rings. The van der Waals surface area contributed by atoms with Gasteiger partial charge in [-0.15, -0.1) is 12.6 Å². The molecule has 0 aliphatic heterocycles. The van der Waals surface area contributed by atoms with E-state index in [-0.39, 0.29) is 5.28 Å². The van der Waals surface area contributed by atoms with Crippen LogP contribution in [-0.4, -0.2) is 9.97 Å². The van der Waals surface area contributed by atoms with Crippen LogP contribution in [0.1, 0.15) is 0 Å². The van der Waals surface area contributed by atoms with Crippen LogP contribution in [0.25, 0.3) is 0 Å². The second-order valence-electron chi connectivity index (χ2n) is 2.98. The van der Waals surface area contributed by atoms with E-state index in [0.29, 0.717) is 10.8 Å². The van der Waals surface area contributed by atoms with Crippen LogP contribution in [0.5, 0.6) is 0 Å². The lowest BCUT2D eigenvalue weighted by atomic mass is 10.3. The molecule has 0 bridgehead atoms. The molecule has 6 heteroatoms. The van der Waals surface area contributed by atoms with Gasteiger partial charge in [0, 0.05) is 4.90 Å². The van der Waals surface area contributed by atoms with E-state index < -0.39 is 0 Å². The van der Waals surface area contributed by atoms with Crippen molar-refractivity contribution in [3.63, 3.8) is 0 Å². The lowest BCUT2D eigenvalue weighted by Gasteiger charge is -2.08. The van der Waals surface area contributed by atoms with Crippen molar-refractivity contribution >= 4 is 47.3 Å². The van der Waals surface area contributed by atoms with Crippen LogP contribution in [0.15, 0.2) is 35.4 Å². The fraction of sp³-hybridized carbons (Fsp3) is 0. The molecule has 1 aromatic heterocycles. The highest BCUT2D eigenvalue weighted by Gasteiger charge is 2.05. The Morgan fingerprint density at radius 1 is 1.19 bits per heavy atom. The van der Waals surface area contributed by atoms with Gasteiger partial charge in [0.1, 0.15) is 5.02 Å². The molecule has 2 rings (SSSR count). The zero-order chi connectivity index (χ0) is 11.5. The molecule has 0 unspecified atom stereocenters. The van der Waals surface area contributed by atoms with Crippen molar-refractivity contribution in [3.8, 4) is 0 Å². The van der Waals surface area contributed by atoms with Crippen LogP contribution >= 0.6 is 35.8 Å². The summed E-state index contributed by atoms with van der Waals surface area (Å²) < 4.78 is 0. The van der Waals surface area contributed by atoms with Gasteiger partial charge in [-0.2, -0.15) is 4.98 Å². The fourth-order valence-electron chi connectivity index (χ4n) is 1.14. The number of hydrogen-bond acceptors (Lipinski definition) is 4. The Morgan fingerprint density at radius 2 is 1.94 bits per heavy atom. The van der Waals surface area contributed by atoms with Crippen molar-refractivity contribution in [2.24, 2.45) is 0 Å². The van der Waals surface area contributed by atoms with E-state index in [2.05, 4.69) is 27.9 Å². The van der Waals surface area contributed by atoms with Gasteiger partial charge in [0.25, 0.3) is 0 Å². The molecule has 0 fully saturated rings.